The van der Waals surface area contributed by atoms with E-state index in [0.29, 0.717) is 11.1 Å². The number of carbonyl (C=O) groups is 2. The van der Waals surface area contributed by atoms with Crippen molar-refractivity contribution in [3.05, 3.63) is 53.6 Å². The number of hydrogen-bond acceptors (Lipinski definition) is 3. The number of nitrogens with two attached hydrogens (primary N) is 1. The summed E-state index contributed by atoms with van der Waals surface area (Å²) in [4.78, 5) is 25.0. The van der Waals surface area contributed by atoms with E-state index in [2.05, 4.69) is 5.32 Å². The molecule has 94 valence electrons. The standard InChI is InChI=1S/C14H10N2O2S/c15-13(17)8-5-6-9-12(7-8)19-11-4-2-1-3-10(11)16-14(9)18/h1-7H,(H2,15,17)(H,16,18). The second kappa shape index (κ2) is 4.44. The Hall–Kier alpha value is -2.27. The number of benzene rings is 2. The molecule has 2 aromatic carbocycles. The molecule has 3 rings (SSSR count). The molecule has 0 aromatic heterocycles. The van der Waals surface area contributed by atoms with E-state index >= 15 is 0 Å². The topological polar surface area (TPSA) is 72.2 Å². The third kappa shape index (κ3) is 2.08. The van der Waals surface area contributed by atoms with Crippen LogP contribution in [0.4, 0.5) is 5.69 Å². The van der Waals surface area contributed by atoms with Crippen LogP contribution < -0.4 is 11.1 Å². The SMILES string of the molecule is NC(=O)c1ccc2c(c1)Sc1ccccc1NC2=O. The highest BCUT2D eigenvalue weighted by atomic mass is 32.2. The van der Waals surface area contributed by atoms with Crippen LogP contribution in [-0.4, -0.2) is 11.8 Å². The first-order valence-electron chi connectivity index (χ1n) is 5.67. The van der Waals surface area contributed by atoms with Crippen molar-refractivity contribution in [2.24, 2.45) is 5.73 Å². The van der Waals surface area contributed by atoms with E-state index in [1.165, 1.54) is 11.8 Å². The Labute approximate surface area is 114 Å². The molecule has 1 aliphatic rings. The van der Waals surface area contributed by atoms with Crippen LogP contribution in [0.3, 0.4) is 0 Å². The summed E-state index contributed by atoms with van der Waals surface area (Å²) in [5.74, 6) is -0.676. The van der Waals surface area contributed by atoms with Gasteiger partial charge < -0.3 is 11.1 Å². The predicted octanol–water partition coefficient (Wildman–Crippen LogP) is 2.50. The second-order valence-electron chi connectivity index (χ2n) is 4.13. The van der Waals surface area contributed by atoms with Crippen LogP contribution in [0.25, 0.3) is 0 Å². The maximum Gasteiger partial charge on any atom is 0.256 e. The average molecular weight is 270 g/mol. The number of primary amides is 1. The summed E-state index contributed by atoms with van der Waals surface area (Å²) in [7, 11) is 0. The third-order valence-electron chi connectivity index (χ3n) is 2.87. The molecule has 0 bridgehead atoms. The van der Waals surface area contributed by atoms with Crippen LogP contribution in [-0.2, 0) is 0 Å². The minimum Gasteiger partial charge on any atom is -0.366 e. The summed E-state index contributed by atoms with van der Waals surface area (Å²) < 4.78 is 0. The molecule has 0 saturated heterocycles. The largest absolute Gasteiger partial charge is 0.366 e. The highest BCUT2D eigenvalue weighted by Gasteiger charge is 2.20. The Bertz CT molecular complexity index is 698. The van der Waals surface area contributed by atoms with Crippen molar-refractivity contribution in [3.63, 3.8) is 0 Å². The van der Waals surface area contributed by atoms with E-state index in [0.717, 1.165) is 15.5 Å². The van der Waals surface area contributed by atoms with Crippen molar-refractivity contribution in [1.82, 2.24) is 0 Å². The highest BCUT2D eigenvalue weighted by molar-refractivity contribution is 7.99. The van der Waals surface area contributed by atoms with E-state index in [-0.39, 0.29) is 5.91 Å². The van der Waals surface area contributed by atoms with E-state index < -0.39 is 5.91 Å². The smallest absolute Gasteiger partial charge is 0.256 e. The number of para-hydroxylation sites is 1. The zero-order valence-electron chi connectivity index (χ0n) is 9.84. The fourth-order valence-electron chi connectivity index (χ4n) is 1.91. The molecule has 0 atom stereocenters. The molecule has 0 fully saturated rings. The Morgan fingerprint density at radius 3 is 2.68 bits per heavy atom. The summed E-state index contributed by atoms with van der Waals surface area (Å²) in [5.41, 5.74) is 6.99. The Balaban J connectivity index is 2.15. The molecule has 0 unspecified atom stereocenters. The Morgan fingerprint density at radius 2 is 1.89 bits per heavy atom. The fraction of sp³-hybridized carbons (Fsp3) is 0. The quantitative estimate of drug-likeness (QED) is 0.836. The van der Waals surface area contributed by atoms with Gasteiger partial charge in [0.1, 0.15) is 0 Å². The number of hydrogen-bond donors (Lipinski definition) is 2. The van der Waals surface area contributed by atoms with Crippen molar-refractivity contribution >= 4 is 29.3 Å². The van der Waals surface area contributed by atoms with Gasteiger partial charge in [-0.3, -0.25) is 9.59 Å². The van der Waals surface area contributed by atoms with Crippen LogP contribution in [0, 0.1) is 0 Å². The molecule has 1 heterocycles. The van der Waals surface area contributed by atoms with Crippen molar-refractivity contribution < 1.29 is 9.59 Å². The summed E-state index contributed by atoms with van der Waals surface area (Å²) in [6.07, 6.45) is 0. The molecule has 0 spiro atoms. The normalized spacial score (nSPS) is 12.9. The zero-order valence-corrected chi connectivity index (χ0v) is 10.7. The number of carbonyl (C=O) groups excluding carboxylic acids is 2. The minimum absolute atomic E-state index is 0.177. The lowest BCUT2D eigenvalue weighted by atomic mass is 10.1. The number of amides is 2. The van der Waals surface area contributed by atoms with Gasteiger partial charge in [-0.05, 0) is 30.3 Å². The molecule has 19 heavy (non-hydrogen) atoms. The van der Waals surface area contributed by atoms with Crippen molar-refractivity contribution in [1.29, 1.82) is 0 Å². The number of nitrogens with one attached hydrogen (secondary N) is 1. The van der Waals surface area contributed by atoms with E-state index in [9.17, 15) is 9.59 Å². The van der Waals surface area contributed by atoms with Gasteiger partial charge in [-0.2, -0.15) is 0 Å². The third-order valence-corrected chi connectivity index (χ3v) is 4.00. The fourth-order valence-corrected chi connectivity index (χ4v) is 2.98. The molecule has 1 aliphatic heterocycles. The maximum atomic E-state index is 12.1. The Morgan fingerprint density at radius 1 is 1.11 bits per heavy atom. The first-order chi connectivity index (χ1) is 9.15. The van der Waals surface area contributed by atoms with Crippen LogP contribution in [0.5, 0.6) is 0 Å². The van der Waals surface area contributed by atoms with Gasteiger partial charge in [0.2, 0.25) is 5.91 Å². The highest BCUT2D eigenvalue weighted by Crippen LogP contribution is 2.38. The molecular weight excluding hydrogens is 260 g/mol. The molecule has 0 aliphatic carbocycles. The summed E-state index contributed by atoms with van der Waals surface area (Å²) in [6.45, 7) is 0. The minimum atomic E-state index is -0.499. The lowest BCUT2D eigenvalue weighted by molar-refractivity contribution is 0.0994. The summed E-state index contributed by atoms with van der Waals surface area (Å²) in [6, 6.07) is 12.4. The van der Waals surface area contributed by atoms with Crippen molar-refractivity contribution in [3.8, 4) is 0 Å². The van der Waals surface area contributed by atoms with Crippen molar-refractivity contribution in [2.45, 2.75) is 9.79 Å². The predicted molar refractivity (Wildman–Crippen MR) is 73.5 cm³/mol. The average Bonchev–Trinajstić information content (AvgIpc) is 2.54. The first-order valence-corrected chi connectivity index (χ1v) is 6.49. The monoisotopic (exact) mass is 270 g/mol. The first kappa shape index (κ1) is 11.8. The Kier molecular flexibility index (Phi) is 2.76. The lowest BCUT2D eigenvalue weighted by Gasteiger charge is -2.05. The van der Waals surface area contributed by atoms with Gasteiger partial charge in [0.25, 0.3) is 5.91 Å². The molecule has 0 saturated carbocycles. The van der Waals surface area contributed by atoms with Gasteiger partial charge in [0, 0.05) is 15.4 Å². The van der Waals surface area contributed by atoms with E-state index in [1.807, 2.05) is 24.3 Å². The number of rotatable bonds is 1. The van der Waals surface area contributed by atoms with Gasteiger partial charge in [-0.1, -0.05) is 23.9 Å². The van der Waals surface area contributed by atoms with Gasteiger partial charge >= 0.3 is 0 Å². The molecule has 0 radical (unpaired) electrons. The number of fused-ring (bicyclic) bond motifs is 2. The molecular formula is C14H10N2O2S. The molecule has 5 heteroatoms. The van der Waals surface area contributed by atoms with Gasteiger partial charge in [-0.15, -0.1) is 0 Å². The van der Waals surface area contributed by atoms with E-state index in [1.54, 1.807) is 18.2 Å². The molecule has 4 nitrogen and oxygen atoms in total. The van der Waals surface area contributed by atoms with Crippen LogP contribution >= 0.6 is 11.8 Å². The lowest BCUT2D eigenvalue weighted by Crippen LogP contribution is -2.14. The zero-order chi connectivity index (χ0) is 13.4. The molecule has 3 N–H and O–H groups in total. The van der Waals surface area contributed by atoms with Gasteiger partial charge in [0.15, 0.2) is 0 Å². The molecule has 2 amide bonds. The molecule has 2 aromatic rings. The van der Waals surface area contributed by atoms with Crippen LogP contribution in [0.1, 0.15) is 20.7 Å². The van der Waals surface area contributed by atoms with Gasteiger partial charge in [-0.25, -0.2) is 0 Å². The summed E-state index contributed by atoms with van der Waals surface area (Å²) >= 11 is 1.45. The van der Waals surface area contributed by atoms with Crippen LogP contribution in [0.15, 0.2) is 52.3 Å². The second-order valence-corrected chi connectivity index (χ2v) is 5.21. The van der Waals surface area contributed by atoms with Crippen LogP contribution in [0.2, 0.25) is 0 Å². The summed E-state index contributed by atoms with van der Waals surface area (Å²) in [5, 5.41) is 2.85. The van der Waals surface area contributed by atoms with Gasteiger partial charge in [0.05, 0.1) is 11.3 Å². The van der Waals surface area contributed by atoms with E-state index in [4.69, 9.17) is 5.73 Å². The number of anilines is 1. The maximum absolute atomic E-state index is 12.1. The van der Waals surface area contributed by atoms with Crippen molar-refractivity contribution in [2.75, 3.05) is 5.32 Å².